The van der Waals surface area contributed by atoms with Crippen LogP contribution >= 0.6 is 0 Å². The van der Waals surface area contributed by atoms with Gasteiger partial charge in [0.1, 0.15) is 0 Å². The molecule has 1 atom stereocenters. The molecular weight excluding hydrogens is 174 g/mol. The number of benzene rings is 1. The Labute approximate surface area is 84.5 Å². The average molecular weight is 189 g/mol. The molecular formula is C12H15NO. The van der Waals surface area contributed by atoms with E-state index in [0.717, 1.165) is 18.5 Å². The zero-order chi connectivity index (χ0) is 10.1. The number of nitrogens with zero attached hydrogens (tertiary/aromatic N) is 1. The van der Waals surface area contributed by atoms with Crippen molar-refractivity contribution in [3.63, 3.8) is 0 Å². The highest BCUT2D eigenvalue weighted by molar-refractivity contribution is 5.99. The lowest BCUT2D eigenvalue weighted by Gasteiger charge is -2.20. The maximum atomic E-state index is 11.9. The van der Waals surface area contributed by atoms with Gasteiger partial charge in [-0.1, -0.05) is 25.1 Å². The Morgan fingerprint density at radius 3 is 2.71 bits per heavy atom. The molecule has 0 N–H and O–H groups in total. The van der Waals surface area contributed by atoms with Crippen LogP contribution in [0.25, 0.3) is 0 Å². The highest BCUT2D eigenvalue weighted by atomic mass is 16.2. The Morgan fingerprint density at radius 1 is 1.36 bits per heavy atom. The zero-order valence-electron chi connectivity index (χ0n) is 8.66. The van der Waals surface area contributed by atoms with Gasteiger partial charge in [0.2, 0.25) is 0 Å². The van der Waals surface area contributed by atoms with Crippen LogP contribution in [0.2, 0.25) is 0 Å². The van der Waals surface area contributed by atoms with E-state index >= 15 is 0 Å². The Bertz CT molecular complexity index is 359. The third-order valence-electron chi connectivity index (χ3n) is 2.83. The van der Waals surface area contributed by atoms with E-state index in [0.29, 0.717) is 0 Å². The molecule has 0 spiro atoms. The van der Waals surface area contributed by atoms with Gasteiger partial charge in [0, 0.05) is 12.1 Å². The summed E-state index contributed by atoms with van der Waals surface area (Å²) in [5.74, 6) is 0.190. The molecule has 2 nitrogen and oxygen atoms in total. The largest absolute Gasteiger partial charge is 0.332 e. The fraction of sp³-hybridized carbons (Fsp3) is 0.417. The average Bonchev–Trinajstić information content (AvgIpc) is 2.45. The van der Waals surface area contributed by atoms with Crippen LogP contribution in [0.4, 0.5) is 0 Å². The topological polar surface area (TPSA) is 20.3 Å². The summed E-state index contributed by atoms with van der Waals surface area (Å²) in [5, 5.41) is 0. The summed E-state index contributed by atoms with van der Waals surface area (Å²) in [5.41, 5.74) is 2.06. The number of hydrogen-bond acceptors (Lipinski definition) is 1. The smallest absolute Gasteiger partial charge is 0.254 e. The van der Waals surface area contributed by atoms with Crippen molar-refractivity contribution in [2.45, 2.75) is 26.3 Å². The highest BCUT2D eigenvalue weighted by Gasteiger charge is 2.32. The van der Waals surface area contributed by atoms with E-state index in [-0.39, 0.29) is 11.9 Å². The van der Waals surface area contributed by atoms with Crippen molar-refractivity contribution in [2.75, 3.05) is 6.54 Å². The first-order chi connectivity index (χ1) is 6.75. The lowest BCUT2D eigenvalue weighted by Crippen LogP contribution is -2.27. The van der Waals surface area contributed by atoms with Crippen molar-refractivity contribution in [1.29, 1.82) is 0 Å². The van der Waals surface area contributed by atoms with Crippen molar-refractivity contribution >= 4 is 5.91 Å². The summed E-state index contributed by atoms with van der Waals surface area (Å²) in [4.78, 5) is 13.9. The summed E-state index contributed by atoms with van der Waals surface area (Å²) in [6.07, 6.45) is 1.02. The second-order valence-electron chi connectivity index (χ2n) is 3.76. The van der Waals surface area contributed by atoms with Gasteiger partial charge in [-0.05, 0) is 25.0 Å². The minimum absolute atomic E-state index is 0.190. The Balaban J connectivity index is 2.38. The van der Waals surface area contributed by atoms with E-state index < -0.39 is 0 Å². The molecule has 0 aromatic heterocycles. The molecule has 2 heteroatoms. The minimum Gasteiger partial charge on any atom is -0.332 e. The van der Waals surface area contributed by atoms with Crippen LogP contribution in [-0.2, 0) is 0 Å². The third-order valence-corrected chi connectivity index (χ3v) is 2.83. The molecule has 0 aliphatic carbocycles. The first-order valence-corrected chi connectivity index (χ1v) is 5.15. The molecule has 0 radical (unpaired) electrons. The summed E-state index contributed by atoms with van der Waals surface area (Å²) >= 11 is 0. The quantitative estimate of drug-likeness (QED) is 0.700. The van der Waals surface area contributed by atoms with Gasteiger partial charge in [-0.25, -0.2) is 0 Å². The normalized spacial score (nSPS) is 20.0. The first-order valence-electron chi connectivity index (χ1n) is 5.15. The fourth-order valence-electron chi connectivity index (χ4n) is 2.09. The van der Waals surface area contributed by atoms with Crippen LogP contribution in [0.15, 0.2) is 24.3 Å². The summed E-state index contributed by atoms with van der Waals surface area (Å²) in [6, 6.07) is 8.15. The SMILES string of the molecule is CCCN1C(=O)c2ccccc2C1C. The predicted molar refractivity (Wildman–Crippen MR) is 56.2 cm³/mol. The predicted octanol–water partition coefficient (Wildman–Crippen LogP) is 2.61. The van der Waals surface area contributed by atoms with Gasteiger partial charge in [-0.2, -0.15) is 0 Å². The van der Waals surface area contributed by atoms with Crippen molar-refractivity contribution in [3.8, 4) is 0 Å². The number of carbonyl (C=O) groups is 1. The highest BCUT2D eigenvalue weighted by Crippen LogP contribution is 2.32. The molecule has 0 saturated heterocycles. The minimum atomic E-state index is 0.190. The van der Waals surface area contributed by atoms with Crippen LogP contribution in [0.3, 0.4) is 0 Å². The number of amides is 1. The molecule has 74 valence electrons. The van der Waals surface area contributed by atoms with E-state index in [4.69, 9.17) is 0 Å². The zero-order valence-corrected chi connectivity index (χ0v) is 8.66. The molecule has 14 heavy (non-hydrogen) atoms. The van der Waals surface area contributed by atoms with E-state index in [9.17, 15) is 4.79 Å². The van der Waals surface area contributed by atoms with E-state index in [1.807, 2.05) is 29.2 Å². The van der Waals surface area contributed by atoms with Gasteiger partial charge in [-0.15, -0.1) is 0 Å². The number of fused-ring (bicyclic) bond motifs is 1. The molecule has 1 aliphatic heterocycles. The molecule has 1 aromatic rings. The Hall–Kier alpha value is -1.31. The van der Waals surface area contributed by atoms with Gasteiger partial charge >= 0.3 is 0 Å². The van der Waals surface area contributed by atoms with Crippen molar-refractivity contribution in [3.05, 3.63) is 35.4 Å². The molecule has 1 unspecified atom stereocenters. The first kappa shape index (κ1) is 9.25. The molecule has 1 heterocycles. The maximum absolute atomic E-state index is 11.9. The van der Waals surface area contributed by atoms with Crippen LogP contribution < -0.4 is 0 Å². The molecule has 0 fully saturated rings. The van der Waals surface area contributed by atoms with Gasteiger partial charge in [0.05, 0.1) is 6.04 Å². The summed E-state index contributed by atoms with van der Waals surface area (Å²) in [7, 11) is 0. The number of rotatable bonds is 2. The van der Waals surface area contributed by atoms with E-state index in [1.165, 1.54) is 5.56 Å². The van der Waals surface area contributed by atoms with Gasteiger partial charge in [0.25, 0.3) is 5.91 Å². The lowest BCUT2D eigenvalue weighted by molar-refractivity contribution is 0.0737. The van der Waals surface area contributed by atoms with E-state index in [2.05, 4.69) is 13.8 Å². The van der Waals surface area contributed by atoms with Crippen LogP contribution in [0.5, 0.6) is 0 Å². The molecule has 0 saturated carbocycles. The Kier molecular flexibility index (Phi) is 2.28. The lowest BCUT2D eigenvalue weighted by atomic mass is 10.1. The fourth-order valence-corrected chi connectivity index (χ4v) is 2.09. The van der Waals surface area contributed by atoms with E-state index in [1.54, 1.807) is 0 Å². The third kappa shape index (κ3) is 1.22. The standard InChI is InChI=1S/C12H15NO/c1-3-8-13-9(2)10-6-4-5-7-11(10)12(13)14/h4-7,9H,3,8H2,1-2H3. The number of carbonyl (C=O) groups excluding carboxylic acids is 1. The van der Waals surface area contributed by atoms with Gasteiger partial charge in [-0.3, -0.25) is 4.79 Å². The Morgan fingerprint density at radius 2 is 2.07 bits per heavy atom. The number of hydrogen-bond donors (Lipinski definition) is 0. The van der Waals surface area contributed by atoms with Crippen molar-refractivity contribution < 1.29 is 4.79 Å². The van der Waals surface area contributed by atoms with Crippen molar-refractivity contribution in [2.24, 2.45) is 0 Å². The maximum Gasteiger partial charge on any atom is 0.254 e. The summed E-state index contributed by atoms with van der Waals surface area (Å²) < 4.78 is 0. The molecule has 0 bridgehead atoms. The van der Waals surface area contributed by atoms with Gasteiger partial charge in [0.15, 0.2) is 0 Å². The van der Waals surface area contributed by atoms with Crippen LogP contribution in [0, 0.1) is 0 Å². The molecule has 2 rings (SSSR count). The van der Waals surface area contributed by atoms with Crippen LogP contribution in [0.1, 0.15) is 42.2 Å². The van der Waals surface area contributed by atoms with Gasteiger partial charge < -0.3 is 4.90 Å². The molecule has 1 aliphatic rings. The second kappa shape index (κ2) is 3.45. The van der Waals surface area contributed by atoms with Crippen LogP contribution in [-0.4, -0.2) is 17.4 Å². The summed E-state index contributed by atoms with van der Waals surface area (Å²) in [6.45, 7) is 5.05. The molecule has 1 amide bonds. The van der Waals surface area contributed by atoms with Crippen molar-refractivity contribution in [1.82, 2.24) is 4.90 Å². The second-order valence-corrected chi connectivity index (χ2v) is 3.76. The molecule has 1 aromatic carbocycles. The monoisotopic (exact) mass is 189 g/mol.